The topological polar surface area (TPSA) is 49.4 Å². The molecule has 4 nitrogen and oxygen atoms in total. The summed E-state index contributed by atoms with van der Waals surface area (Å²) in [5.74, 6) is -0.290. The van der Waals surface area contributed by atoms with Crippen molar-refractivity contribution in [2.75, 3.05) is 11.4 Å². The third-order valence-electron chi connectivity index (χ3n) is 3.37. The van der Waals surface area contributed by atoms with E-state index < -0.39 is 6.04 Å². The molecule has 0 saturated carbocycles. The normalized spacial score (nSPS) is 18.5. The lowest BCUT2D eigenvalue weighted by atomic mass is 10.0. The molecule has 0 radical (unpaired) electrons. The van der Waals surface area contributed by atoms with Crippen molar-refractivity contribution >= 4 is 33.4 Å². The van der Waals surface area contributed by atoms with E-state index in [1.165, 1.54) is 4.90 Å². The Kier molecular flexibility index (Phi) is 3.75. The minimum absolute atomic E-state index is 0.0403. The number of carbonyl (C=O) groups excluding carboxylic acids is 2. The molecule has 5 heteroatoms. The van der Waals surface area contributed by atoms with Crippen LogP contribution in [-0.4, -0.2) is 18.4 Å². The lowest BCUT2D eigenvalue weighted by Crippen LogP contribution is -2.53. The first-order valence-electron chi connectivity index (χ1n) is 6.56. The highest BCUT2D eigenvalue weighted by Gasteiger charge is 2.34. The quantitative estimate of drug-likeness (QED) is 0.910. The van der Waals surface area contributed by atoms with Crippen molar-refractivity contribution in [1.29, 1.82) is 0 Å². The molecule has 0 bridgehead atoms. The van der Waals surface area contributed by atoms with Crippen molar-refractivity contribution in [3.8, 4) is 0 Å². The summed E-state index contributed by atoms with van der Waals surface area (Å²) in [6.07, 6.45) is 0. The predicted molar refractivity (Wildman–Crippen MR) is 83.8 cm³/mol. The summed E-state index contributed by atoms with van der Waals surface area (Å²) in [6, 6.07) is 16.0. The maximum atomic E-state index is 12.7. The standard InChI is InChI=1S/C16H13BrN2O2/c17-12-7-4-8-13(9-12)19-10-14(20)18-15(16(19)21)11-5-2-1-3-6-11/h1-9,15H,10H2,(H,18,20). The predicted octanol–water partition coefficient (Wildman–Crippen LogP) is 2.65. The van der Waals surface area contributed by atoms with Crippen LogP contribution in [-0.2, 0) is 9.59 Å². The van der Waals surface area contributed by atoms with Gasteiger partial charge in [-0.3, -0.25) is 9.59 Å². The van der Waals surface area contributed by atoms with Crippen molar-refractivity contribution in [1.82, 2.24) is 5.32 Å². The van der Waals surface area contributed by atoms with Crippen LogP contribution in [0.2, 0.25) is 0 Å². The lowest BCUT2D eigenvalue weighted by Gasteiger charge is -2.32. The SMILES string of the molecule is O=C1CN(c2cccc(Br)c2)C(=O)C(c2ccccc2)N1. The Bertz CT molecular complexity index is 688. The number of anilines is 1. The molecule has 2 aromatic carbocycles. The van der Waals surface area contributed by atoms with Crippen LogP contribution in [0.4, 0.5) is 5.69 Å². The maximum Gasteiger partial charge on any atom is 0.254 e. The van der Waals surface area contributed by atoms with Crippen molar-refractivity contribution in [3.63, 3.8) is 0 Å². The molecule has 1 fully saturated rings. The summed E-state index contributed by atoms with van der Waals surface area (Å²) < 4.78 is 0.870. The van der Waals surface area contributed by atoms with Crippen LogP contribution in [0.5, 0.6) is 0 Å². The maximum absolute atomic E-state index is 12.7. The van der Waals surface area contributed by atoms with Gasteiger partial charge in [-0.1, -0.05) is 52.3 Å². The molecule has 1 saturated heterocycles. The number of nitrogens with zero attached hydrogens (tertiary/aromatic N) is 1. The second-order valence-electron chi connectivity index (χ2n) is 4.82. The third kappa shape index (κ3) is 2.83. The van der Waals surface area contributed by atoms with Crippen LogP contribution in [0.3, 0.4) is 0 Å². The molecule has 2 aromatic rings. The van der Waals surface area contributed by atoms with E-state index in [9.17, 15) is 9.59 Å². The Morgan fingerprint density at radius 3 is 2.52 bits per heavy atom. The zero-order chi connectivity index (χ0) is 14.8. The molecule has 0 spiro atoms. The van der Waals surface area contributed by atoms with Gasteiger partial charge in [0.25, 0.3) is 5.91 Å². The molecule has 1 atom stereocenters. The molecule has 1 aliphatic rings. The van der Waals surface area contributed by atoms with E-state index in [-0.39, 0.29) is 18.4 Å². The van der Waals surface area contributed by atoms with Gasteiger partial charge >= 0.3 is 0 Å². The number of carbonyl (C=O) groups is 2. The molecular formula is C16H13BrN2O2. The Morgan fingerprint density at radius 2 is 1.81 bits per heavy atom. The number of amides is 2. The van der Waals surface area contributed by atoms with E-state index in [4.69, 9.17) is 0 Å². The van der Waals surface area contributed by atoms with Gasteiger partial charge < -0.3 is 10.2 Å². The van der Waals surface area contributed by atoms with E-state index in [1.54, 1.807) is 0 Å². The Hall–Kier alpha value is -2.14. The Morgan fingerprint density at radius 1 is 1.05 bits per heavy atom. The largest absolute Gasteiger partial charge is 0.339 e. The summed E-state index contributed by atoms with van der Waals surface area (Å²) in [7, 11) is 0. The molecule has 0 aromatic heterocycles. The van der Waals surface area contributed by atoms with Gasteiger partial charge in [-0.2, -0.15) is 0 Å². The summed E-state index contributed by atoms with van der Waals surface area (Å²) in [5, 5.41) is 2.75. The highest BCUT2D eigenvalue weighted by atomic mass is 79.9. The van der Waals surface area contributed by atoms with Crippen LogP contribution in [0.1, 0.15) is 11.6 Å². The molecule has 3 rings (SSSR count). The molecule has 0 aliphatic carbocycles. The molecule has 106 valence electrons. The lowest BCUT2D eigenvalue weighted by molar-refractivity contribution is -0.131. The fourth-order valence-electron chi connectivity index (χ4n) is 2.38. The number of hydrogen-bond donors (Lipinski definition) is 1. The highest BCUT2D eigenvalue weighted by molar-refractivity contribution is 9.10. The monoisotopic (exact) mass is 344 g/mol. The van der Waals surface area contributed by atoms with Gasteiger partial charge in [0.1, 0.15) is 12.6 Å². The molecule has 1 unspecified atom stereocenters. The van der Waals surface area contributed by atoms with Gasteiger partial charge in [0, 0.05) is 10.2 Å². The van der Waals surface area contributed by atoms with E-state index in [2.05, 4.69) is 21.2 Å². The van der Waals surface area contributed by atoms with Gasteiger partial charge in [-0.25, -0.2) is 0 Å². The van der Waals surface area contributed by atoms with Crippen LogP contribution in [0.25, 0.3) is 0 Å². The number of rotatable bonds is 2. The number of benzene rings is 2. The van der Waals surface area contributed by atoms with E-state index >= 15 is 0 Å². The minimum atomic E-state index is -0.633. The van der Waals surface area contributed by atoms with Crippen LogP contribution in [0, 0.1) is 0 Å². The van der Waals surface area contributed by atoms with Crippen molar-refractivity contribution in [2.45, 2.75) is 6.04 Å². The van der Waals surface area contributed by atoms with Crippen LogP contribution >= 0.6 is 15.9 Å². The van der Waals surface area contributed by atoms with E-state index in [0.29, 0.717) is 5.69 Å². The molecular weight excluding hydrogens is 332 g/mol. The van der Waals surface area contributed by atoms with Crippen LogP contribution in [0.15, 0.2) is 59.1 Å². The zero-order valence-corrected chi connectivity index (χ0v) is 12.7. The van der Waals surface area contributed by atoms with E-state index in [0.717, 1.165) is 10.0 Å². The average Bonchev–Trinajstić information content (AvgIpc) is 2.50. The second kappa shape index (κ2) is 5.69. The van der Waals surface area contributed by atoms with Crippen molar-refractivity contribution in [2.24, 2.45) is 0 Å². The Balaban J connectivity index is 1.96. The number of hydrogen-bond acceptors (Lipinski definition) is 2. The van der Waals surface area contributed by atoms with Crippen molar-refractivity contribution in [3.05, 3.63) is 64.6 Å². The molecule has 1 N–H and O–H groups in total. The first-order chi connectivity index (χ1) is 10.1. The van der Waals surface area contributed by atoms with Gasteiger partial charge in [-0.05, 0) is 23.8 Å². The smallest absolute Gasteiger partial charge is 0.254 e. The fraction of sp³-hybridized carbons (Fsp3) is 0.125. The molecule has 1 heterocycles. The molecule has 1 aliphatic heterocycles. The fourth-order valence-corrected chi connectivity index (χ4v) is 2.77. The van der Waals surface area contributed by atoms with Crippen LogP contribution < -0.4 is 10.2 Å². The molecule has 2 amide bonds. The summed E-state index contributed by atoms with van der Waals surface area (Å²) in [4.78, 5) is 26.1. The van der Waals surface area contributed by atoms with Gasteiger partial charge in [0.2, 0.25) is 5.91 Å². The third-order valence-corrected chi connectivity index (χ3v) is 3.87. The molecule has 21 heavy (non-hydrogen) atoms. The average molecular weight is 345 g/mol. The first kappa shape index (κ1) is 13.8. The number of halogens is 1. The minimum Gasteiger partial charge on any atom is -0.339 e. The van der Waals surface area contributed by atoms with Gasteiger partial charge in [-0.15, -0.1) is 0 Å². The number of nitrogens with one attached hydrogen (secondary N) is 1. The summed E-state index contributed by atoms with van der Waals surface area (Å²) >= 11 is 3.39. The second-order valence-corrected chi connectivity index (χ2v) is 5.73. The summed E-state index contributed by atoms with van der Waals surface area (Å²) in [6.45, 7) is 0.0403. The summed E-state index contributed by atoms with van der Waals surface area (Å²) in [5.41, 5.74) is 1.50. The van der Waals surface area contributed by atoms with E-state index in [1.807, 2.05) is 54.6 Å². The first-order valence-corrected chi connectivity index (χ1v) is 7.36. The van der Waals surface area contributed by atoms with Gasteiger partial charge in [0.05, 0.1) is 0 Å². The van der Waals surface area contributed by atoms with Gasteiger partial charge in [0.15, 0.2) is 0 Å². The number of piperazine rings is 1. The Labute approximate surface area is 130 Å². The zero-order valence-electron chi connectivity index (χ0n) is 11.1. The highest BCUT2D eigenvalue weighted by Crippen LogP contribution is 2.26. The van der Waals surface area contributed by atoms with Crippen molar-refractivity contribution < 1.29 is 9.59 Å².